The predicted molar refractivity (Wildman–Crippen MR) is 81.8 cm³/mol. The molecule has 1 aliphatic rings. The molecule has 3 rings (SSSR count). The Kier molecular flexibility index (Phi) is 3.24. The van der Waals surface area contributed by atoms with Gasteiger partial charge in [0.05, 0.1) is 4.75 Å². The molecule has 0 bridgehead atoms. The quantitative estimate of drug-likeness (QED) is 0.822. The van der Waals surface area contributed by atoms with Crippen molar-refractivity contribution in [3.63, 3.8) is 0 Å². The molecule has 0 spiro atoms. The number of hydrogen-bond acceptors (Lipinski definition) is 5. The van der Waals surface area contributed by atoms with Crippen LogP contribution in [0.4, 0.5) is 4.39 Å². The van der Waals surface area contributed by atoms with E-state index < -0.39 is 0 Å². The van der Waals surface area contributed by atoms with Gasteiger partial charge in [0.1, 0.15) is 22.2 Å². The normalized spacial score (nSPS) is 17.9. The molecule has 0 aliphatic carbocycles. The van der Waals surface area contributed by atoms with E-state index in [1.807, 2.05) is 27.7 Å². The highest BCUT2D eigenvalue weighted by Crippen LogP contribution is 2.42. The SMILES string of the molecule is CC1(C)CC(SC(C)(C)c2noc3cc(F)ccc23)=NO1. The molecule has 6 heteroatoms. The molecule has 112 valence electrons. The molecule has 0 atom stereocenters. The van der Waals surface area contributed by atoms with E-state index in [2.05, 4.69) is 10.3 Å². The van der Waals surface area contributed by atoms with Crippen LogP contribution in [0.1, 0.15) is 39.8 Å². The van der Waals surface area contributed by atoms with Crippen molar-refractivity contribution < 1.29 is 13.8 Å². The van der Waals surface area contributed by atoms with Gasteiger partial charge in [-0.05, 0) is 39.8 Å². The van der Waals surface area contributed by atoms with Gasteiger partial charge in [0.25, 0.3) is 0 Å². The summed E-state index contributed by atoms with van der Waals surface area (Å²) in [5.41, 5.74) is 0.992. The summed E-state index contributed by atoms with van der Waals surface area (Å²) >= 11 is 1.60. The van der Waals surface area contributed by atoms with Gasteiger partial charge < -0.3 is 9.36 Å². The Morgan fingerprint density at radius 3 is 2.76 bits per heavy atom. The third-order valence-corrected chi connectivity index (χ3v) is 4.51. The molecule has 2 aromatic rings. The zero-order chi connectivity index (χ0) is 15.3. The van der Waals surface area contributed by atoms with Crippen molar-refractivity contribution in [1.82, 2.24) is 5.16 Å². The maximum absolute atomic E-state index is 13.2. The molecule has 0 N–H and O–H groups in total. The Balaban J connectivity index is 1.90. The molecular formula is C15H17FN2O2S. The number of nitrogens with zero attached hydrogens (tertiary/aromatic N) is 2. The van der Waals surface area contributed by atoms with Crippen LogP contribution >= 0.6 is 11.8 Å². The summed E-state index contributed by atoms with van der Waals surface area (Å²) in [5, 5.41) is 10.0. The van der Waals surface area contributed by atoms with Crippen molar-refractivity contribution >= 4 is 27.8 Å². The summed E-state index contributed by atoms with van der Waals surface area (Å²) in [6, 6.07) is 4.48. The second kappa shape index (κ2) is 4.73. The van der Waals surface area contributed by atoms with Crippen LogP contribution in [0.3, 0.4) is 0 Å². The van der Waals surface area contributed by atoms with Crippen molar-refractivity contribution in [1.29, 1.82) is 0 Å². The molecule has 4 nitrogen and oxygen atoms in total. The minimum Gasteiger partial charge on any atom is -0.389 e. The minimum absolute atomic E-state index is 0.257. The first kappa shape index (κ1) is 14.4. The van der Waals surface area contributed by atoms with Gasteiger partial charge in [-0.2, -0.15) is 0 Å². The Bertz CT molecular complexity index is 722. The molecule has 0 amide bonds. The summed E-state index contributed by atoms with van der Waals surface area (Å²) in [6.07, 6.45) is 0.769. The maximum atomic E-state index is 13.2. The van der Waals surface area contributed by atoms with Gasteiger partial charge in [-0.3, -0.25) is 0 Å². The molecule has 0 saturated carbocycles. The van der Waals surface area contributed by atoms with Crippen molar-refractivity contribution in [3.05, 3.63) is 29.7 Å². The van der Waals surface area contributed by atoms with Crippen LogP contribution in [-0.2, 0) is 9.58 Å². The summed E-state index contributed by atoms with van der Waals surface area (Å²) in [7, 11) is 0. The van der Waals surface area contributed by atoms with Gasteiger partial charge >= 0.3 is 0 Å². The number of hydrogen-bond donors (Lipinski definition) is 0. The number of rotatable bonds is 2. The van der Waals surface area contributed by atoms with E-state index in [1.165, 1.54) is 12.1 Å². The smallest absolute Gasteiger partial charge is 0.170 e. The highest BCUT2D eigenvalue weighted by atomic mass is 32.2. The lowest BCUT2D eigenvalue weighted by atomic mass is 10.1. The van der Waals surface area contributed by atoms with Crippen LogP contribution in [0.2, 0.25) is 0 Å². The van der Waals surface area contributed by atoms with Crippen molar-refractivity contribution in [2.24, 2.45) is 5.16 Å². The molecule has 1 aromatic carbocycles. The van der Waals surface area contributed by atoms with Crippen LogP contribution in [0, 0.1) is 5.82 Å². The van der Waals surface area contributed by atoms with E-state index in [-0.39, 0.29) is 16.2 Å². The predicted octanol–water partition coefficient (Wildman–Crippen LogP) is 4.45. The fourth-order valence-corrected chi connectivity index (χ4v) is 3.67. The van der Waals surface area contributed by atoms with Crippen LogP contribution in [-0.4, -0.2) is 15.8 Å². The van der Waals surface area contributed by atoms with E-state index in [1.54, 1.807) is 17.8 Å². The Morgan fingerprint density at radius 1 is 1.33 bits per heavy atom. The first-order chi connectivity index (χ1) is 9.77. The van der Waals surface area contributed by atoms with E-state index >= 15 is 0 Å². The van der Waals surface area contributed by atoms with Crippen molar-refractivity contribution in [2.45, 2.75) is 44.5 Å². The lowest BCUT2D eigenvalue weighted by molar-refractivity contribution is 0.0123. The topological polar surface area (TPSA) is 47.6 Å². The largest absolute Gasteiger partial charge is 0.389 e. The summed E-state index contributed by atoms with van der Waals surface area (Å²) < 4.78 is 18.1. The number of thioether (sulfide) groups is 1. The average Bonchev–Trinajstić information content (AvgIpc) is 2.92. The summed E-state index contributed by atoms with van der Waals surface area (Å²) in [5.74, 6) is -0.328. The summed E-state index contributed by atoms with van der Waals surface area (Å²) in [6.45, 7) is 8.11. The highest BCUT2D eigenvalue weighted by molar-refractivity contribution is 8.14. The monoisotopic (exact) mass is 308 g/mol. The standard InChI is InChI=1S/C15H17FN2O2S/c1-14(2)8-12(17-20-14)21-15(3,4)13-10-6-5-9(16)7-11(10)19-18-13/h5-7H,8H2,1-4H3. The van der Waals surface area contributed by atoms with Crippen LogP contribution in [0.25, 0.3) is 11.0 Å². The molecule has 0 radical (unpaired) electrons. The van der Waals surface area contributed by atoms with E-state index in [0.29, 0.717) is 5.58 Å². The van der Waals surface area contributed by atoms with Crippen molar-refractivity contribution in [3.8, 4) is 0 Å². The molecule has 2 heterocycles. The third-order valence-electron chi connectivity index (χ3n) is 3.35. The number of halogens is 1. The Morgan fingerprint density at radius 2 is 2.10 bits per heavy atom. The summed E-state index contributed by atoms with van der Waals surface area (Å²) in [4.78, 5) is 5.39. The molecule has 0 unspecified atom stereocenters. The second-order valence-corrected chi connectivity index (χ2v) is 7.99. The van der Waals surface area contributed by atoms with Gasteiger partial charge in [-0.25, -0.2) is 4.39 Å². The van der Waals surface area contributed by atoms with E-state index in [4.69, 9.17) is 9.36 Å². The molecule has 21 heavy (non-hydrogen) atoms. The van der Waals surface area contributed by atoms with Crippen LogP contribution in [0.15, 0.2) is 27.9 Å². The number of aromatic nitrogens is 1. The number of benzene rings is 1. The number of fused-ring (bicyclic) bond motifs is 1. The maximum Gasteiger partial charge on any atom is 0.170 e. The van der Waals surface area contributed by atoms with Gasteiger partial charge in [-0.1, -0.05) is 22.1 Å². The highest BCUT2D eigenvalue weighted by Gasteiger charge is 2.36. The zero-order valence-electron chi connectivity index (χ0n) is 12.4. The first-order valence-corrected chi connectivity index (χ1v) is 7.58. The van der Waals surface area contributed by atoms with Gasteiger partial charge in [0.2, 0.25) is 0 Å². The average molecular weight is 308 g/mol. The van der Waals surface area contributed by atoms with E-state index in [9.17, 15) is 4.39 Å². The van der Waals surface area contributed by atoms with Crippen LogP contribution < -0.4 is 0 Å². The lowest BCUT2D eigenvalue weighted by Crippen LogP contribution is -2.20. The zero-order valence-corrected chi connectivity index (χ0v) is 13.3. The Hall–Kier alpha value is -1.56. The second-order valence-electron chi connectivity index (χ2n) is 6.30. The van der Waals surface area contributed by atoms with Crippen molar-refractivity contribution in [2.75, 3.05) is 0 Å². The fraction of sp³-hybridized carbons (Fsp3) is 0.467. The van der Waals surface area contributed by atoms with E-state index in [0.717, 1.165) is 22.5 Å². The van der Waals surface area contributed by atoms with Gasteiger partial charge in [0, 0.05) is 17.9 Å². The molecule has 0 saturated heterocycles. The molecule has 1 aliphatic heterocycles. The van der Waals surface area contributed by atoms with Gasteiger partial charge in [0.15, 0.2) is 5.58 Å². The molecular weight excluding hydrogens is 291 g/mol. The Labute approximate surface area is 126 Å². The molecule has 0 fully saturated rings. The lowest BCUT2D eigenvalue weighted by Gasteiger charge is -2.21. The third kappa shape index (κ3) is 2.77. The van der Waals surface area contributed by atoms with Gasteiger partial charge in [-0.15, -0.1) is 0 Å². The number of oxime groups is 1. The molecule has 1 aromatic heterocycles. The van der Waals surface area contributed by atoms with Crippen LogP contribution in [0.5, 0.6) is 0 Å². The first-order valence-electron chi connectivity index (χ1n) is 6.76. The fourth-order valence-electron chi connectivity index (χ4n) is 2.35. The minimum atomic E-state index is -0.342.